The summed E-state index contributed by atoms with van der Waals surface area (Å²) in [4.78, 5) is 11.0. The third kappa shape index (κ3) is 5.19. The van der Waals surface area contributed by atoms with Gasteiger partial charge in [-0.3, -0.25) is 0 Å². The fraction of sp³-hybridized carbons (Fsp3) is 0.714. The van der Waals surface area contributed by atoms with Crippen LogP contribution in [0.3, 0.4) is 0 Å². The molecular weight excluding hydrogens is 222 g/mol. The molecule has 0 aromatic carbocycles. The highest BCUT2D eigenvalue weighted by Gasteiger charge is 2.21. The van der Waals surface area contributed by atoms with Gasteiger partial charge in [0, 0.05) is 7.05 Å². The van der Waals surface area contributed by atoms with Gasteiger partial charge in [0.1, 0.15) is 6.54 Å². The standard InChI is InChI=1S/C7H13N3O4S/c1-6(2)14-7(11)9-15(12,13)10(3)5-4-8/h6H,5H2,1-3H3,(H,9,11). The molecule has 1 amide bonds. The Morgan fingerprint density at radius 1 is 1.60 bits per heavy atom. The van der Waals surface area contributed by atoms with Crippen LogP contribution in [0.25, 0.3) is 0 Å². The van der Waals surface area contributed by atoms with Gasteiger partial charge in [-0.05, 0) is 13.8 Å². The molecule has 0 saturated carbocycles. The van der Waals surface area contributed by atoms with Gasteiger partial charge < -0.3 is 4.74 Å². The third-order valence-corrected chi connectivity index (χ3v) is 2.63. The predicted octanol–water partition coefficient (Wildman–Crippen LogP) is -0.179. The van der Waals surface area contributed by atoms with E-state index in [9.17, 15) is 13.2 Å². The summed E-state index contributed by atoms with van der Waals surface area (Å²) in [6.07, 6.45) is -1.48. The van der Waals surface area contributed by atoms with Crippen LogP contribution < -0.4 is 4.72 Å². The van der Waals surface area contributed by atoms with Crippen LogP contribution in [0.5, 0.6) is 0 Å². The summed E-state index contributed by atoms with van der Waals surface area (Å²) in [5.41, 5.74) is 0. The maximum absolute atomic E-state index is 11.3. The van der Waals surface area contributed by atoms with Crippen molar-refractivity contribution in [2.45, 2.75) is 20.0 Å². The molecule has 0 spiro atoms. The van der Waals surface area contributed by atoms with Crippen molar-refractivity contribution in [3.8, 4) is 6.07 Å². The number of nitrogens with zero attached hydrogens (tertiary/aromatic N) is 2. The van der Waals surface area contributed by atoms with Crippen molar-refractivity contribution in [1.29, 1.82) is 5.26 Å². The summed E-state index contributed by atoms with van der Waals surface area (Å²) in [7, 11) is -2.81. The van der Waals surface area contributed by atoms with Gasteiger partial charge in [-0.1, -0.05) is 0 Å². The van der Waals surface area contributed by atoms with E-state index < -0.39 is 22.4 Å². The van der Waals surface area contributed by atoms with E-state index >= 15 is 0 Å². The number of ether oxygens (including phenoxy) is 1. The normalized spacial score (nSPS) is 11.2. The molecule has 0 aromatic heterocycles. The van der Waals surface area contributed by atoms with Gasteiger partial charge in [0.2, 0.25) is 0 Å². The smallest absolute Gasteiger partial charge is 0.422 e. The Balaban J connectivity index is 4.40. The first-order valence-corrected chi connectivity index (χ1v) is 5.55. The Kier molecular flexibility index (Phi) is 5.04. The van der Waals surface area contributed by atoms with E-state index in [0.29, 0.717) is 4.31 Å². The minimum atomic E-state index is -3.98. The molecule has 0 radical (unpaired) electrons. The lowest BCUT2D eigenvalue weighted by Crippen LogP contribution is -2.42. The number of amides is 1. The SMILES string of the molecule is CC(C)OC(=O)NS(=O)(=O)N(C)CC#N. The highest BCUT2D eigenvalue weighted by Crippen LogP contribution is 1.95. The largest absolute Gasteiger partial charge is 0.446 e. The molecule has 0 saturated heterocycles. The minimum Gasteiger partial charge on any atom is -0.446 e. The second-order valence-corrected chi connectivity index (χ2v) is 4.75. The average Bonchev–Trinajstić information content (AvgIpc) is 2.01. The summed E-state index contributed by atoms with van der Waals surface area (Å²) in [6.45, 7) is 2.83. The Morgan fingerprint density at radius 3 is 2.53 bits per heavy atom. The van der Waals surface area contributed by atoms with Crippen molar-refractivity contribution in [3.05, 3.63) is 0 Å². The molecule has 0 atom stereocenters. The first-order chi connectivity index (χ1) is 6.79. The number of nitriles is 1. The summed E-state index contributed by atoms with van der Waals surface area (Å²) < 4.78 is 29.5. The lowest BCUT2D eigenvalue weighted by atomic mass is 10.5. The lowest BCUT2D eigenvalue weighted by molar-refractivity contribution is 0.121. The molecule has 1 N–H and O–H groups in total. The van der Waals surface area contributed by atoms with Gasteiger partial charge >= 0.3 is 16.3 Å². The van der Waals surface area contributed by atoms with Crippen LogP contribution in [0, 0.1) is 11.3 Å². The zero-order chi connectivity index (χ0) is 12.1. The Morgan fingerprint density at radius 2 is 2.13 bits per heavy atom. The van der Waals surface area contributed by atoms with Crippen LogP contribution in [0.15, 0.2) is 0 Å². The molecule has 0 aliphatic heterocycles. The number of nitrogens with one attached hydrogen (secondary N) is 1. The summed E-state index contributed by atoms with van der Waals surface area (Å²) in [6, 6.07) is 1.64. The number of rotatable bonds is 4. The van der Waals surface area contributed by atoms with E-state index in [4.69, 9.17) is 5.26 Å². The van der Waals surface area contributed by atoms with Crippen molar-refractivity contribution in [1.82, 2.24) is 9.03 Å². The van der Waals surface area contributed by atoms with E-state index in [1.165, 1.54) is 7.05 Å². The zero-order valence-electron chi connectivity index (χ0n) is 8.72. The molecule has 8 heteroatoms. The zero-order valence-corrected chi connectivity index (χ0v) is 9.54. The molecular formula is C7H13N3O4S. The first-order valence-electron chi connectivity index (χ1n) is 4.11. The molecule has 0 aliphatic carbocycles. The first kappa shape index (κ1) is 13.7. The summed E-state index contributed by atoms with van der Waals surface area (Å²) in [5, 5.41) is 8.28. The van der Waals surface area contributed by atoms with E-state index in [1.807, 2.05) is 0 Å². The lowest BCUT2D eigenvalue weighted by Gasteiger charge is -2.15. The molecule has 0 rings (SSSR count). The molecule has 0 aliphatic rings. The van der Waals surface area contributed by atoms with E-state index in [0.717, 1.165) is 0 Å². The number of carbonyl (C=O) groups excluding carboxylic acids is 1. The maximum atomic E-state index is 11.3. The van der Waals surface area contributed by atoms with Crippen LogP contribution in [-0.4, -0.2) is 38.5 Å². The fourth-order valence-corrected chi connectivity index (χ4v) is 1.25. The fourth-order valence-electron chi connectivity index (χ4n) is 0.606. The summed E-state index contributed by atoms with van der Waals surface area (Å²) in [5.74, 6) is 0. The third-order valence-electron chi connectivity index (χ3n) is 1.26. The molecule has 0 fully saturated rings. The minimum absolute atomic E-state index is 0.343. The van der Waals surface area contributed by atoms with Crippen molar-refractivity contribution in [2.24, 2.45) is 0 Å². The van der Waals surface area contributed by atoms with Crippen LogP contribution in [0.2, 0.25) is 0 Å². The van der Waals surface area contributed by atoms with Gasteiger partial charge in [-0.2, -0.15) is 18.0 Å². The second kappa shape index (κ2) is 5.53. The van der Waals surface area contributed by atoms with Crippen LogP contribution in [0.1, 0.15) is 13.8 Å². The predicted molar refractivity (Wildman–Crippen MR) is 51.9 cm³/mol. The van der Waals surface area contributed by atoms with E-state index in [2.05, 4.69) is 4.74 Å². The second-order valence-electron chi connectivity index (χ2n) is 2.98. The monoisotopic (exact) mass is 235 g/mol. The average molecular weight is 235 g/mol. The highest BCUT2D eigenvalue weighted by atomic mass is 32.2. The van der Waals surface area contributed by atoms with Gasteiger partial charge in [0.15, 0.2) is 0 Å². The van der Waals surface area contributed by atoms with Crippen molar-refractivity contribution in [3.63, 3.8) is 0 Å². The number of carbonyl (C=O) groups is 1. The topological polar surface area (TPSA) is 99.5 Å². The molecule has 0 aromatic rings. The molecule has 0 heterocycles. The number of hydrogen-bond acceptors (Lipinski definition) is 5. The molecule has 7 nitrogen and oxygen atoms in total. The molecule has 0 bridgehead atoms. The maximum Gasteiger partial charge on any atom is 0.422 e. The quantitative estimate of drug-likeness (QED) is 0.681. The highest BCUT2D eigenvalue weighted by molar-refractivity contribution is 7.87. The number of hydrogen-bond donors (Lipinski definition) is 1. The van der Waals surface area contributed by atoms with Crippen molar-refractivity contribution >= 4 is 16.3 Å². The Hall–Kier alpha value is -1.33. The van der Waals surface area contributed by atoms with Crippen molar-refractivity contribution in [2.75, 3.05) is 13.6 Å². The van der Waals surface area contributed by atoms with Crippen LogP contribution in [0.4, 0.5) is 4.79 Å². The molecule has 86 valence electrons. The Bertz CT molecular complexity index is 357. The van der Waals surface area contributed by atoms with E-state index in [-0.39, 0.29) is 6.54 Å². The van der Waals surface area contributed by atoms with Gasteiger partial charge in [-0.15, -0.1) is 0 Å². The van der Waals surface area contributed by atoms with Gasteiger partial charge in [0.25, 0.3) is 0 Å². The Labute approximate surface area is 88.8 Å². The van der Waals surface area contributed by atoms with Crippen LogP contribution >= 0.6 is 0 Å². The molecule has 0 unspecified atom stereocenters. The summed E-state index contributed by atoms with van der Waals surface area (Å²) >= 11 is 0. The van der Waals surface area contributed by atoms with Crippen molar-refractivity contribution < 1.29 is 17.9 Å². The molecule has 15 heavy (non-hydrogen) atoms. The van der Waals surface area contributed by atoms with Gasteiger partial charge in [0.05, 0.1) is 12.2 Å². The van der Waals surface area contributed by atoms with E-state index in [1.54, 1.807) is 24.6 Å². The van der Waals surface area contributed by atoms with Crippen LogP contribution in [-0.2, 0) is 14.9 Å². The van der Waals surface area contributed by atoms with Gasteiger partial charge in [-0.25, -0.2) is 9.52 Å².